The molecule has 8 heteroatoms. The number of aliphatic carboxylic acids is 1. The molecule has 0 aromatic heterocycles. The largest absolute Gasteiger partial charge is 0.481 e. The van der Waals surface area contributed by atoms with E-state index in [0.717, 1.165) is 18.2 Å². The quantitative estimate of drug-likeness (QED) is 0.851. The minimum absolute atomic E-state index is 0.0292. The van der Waals surface area contributed by atoms with Crippen molar-refractivity contribution in [3.8, 4) is 0 Å². The second kappa shape index (κ2) is 7.11. The van der Waals surface area contributed by atoms with E-state index < -0.39 is 35.3 Å². The SMILES string of the molecule is CC(Cc1ccc(C(F)(F)F)cc1NC(=O)OC(C)(C)C)C(=O)O. The Labute approximate surface area is 137 Å². The highest BCUT2D eigenvalue weighted by Gasteiger charge is 2.31. The van der Waals surface area contributed by atoms with Crippen LogP contribution in [0.15, 0.2) is 18.2 Å². The highest BCUT2D eigenvalue weighted by atomic mass is 19.4. The topological polar surface area (TPSA) is 75.6 Å². The van der Waals surface area contributed by atoms with Gasteiger partial charge in [0.1, 0.15) is 5.60 Å². The number of nitrogens with one attached hydrogen (secondary N) is 1. The highest BCUT2D eigenvalue weighted by molar-refractivity contribution is 5.86. The summed E-state index contributed by atoms with van der Waals surface area (Å²) in [6.45, 7) is 6.28. The van der Waals surface area contributed by atoms with Crippen molar-refractivity contribution in [3.63, 3.8) is 0 Å². The molecule has 0 fully saturated rings. The standard InChI is InChI=1S/C16H20F3NO4/c1-9(13(21)22)7-10-5-6-11(16(17,18)19)8-12(10)20-14(23)24-15(2,3)4/h5-6,8-9H,7H2,1-4H3,(H,20,23)(H,21,22). The molecule has 1 rings (SSSR count). The van der Waals surface area contributed by atoms with Crippen LogP contribution in [-0.2, 0) is 22.1 Å². The molecule has 1 aromatic carbocycles. The molecule has 0 aliphatic carbocycles. The number of carboxylic acid groups (broad SMARTS) is 1. The molecule has 1 aromatic rings. The number of carboxylic acids is 1. The van der Waals surface area contributed by atoms with E-state index in [-0.39, 0.29) is 17.7 Å². The lowest BCUT2D eigenvalue weighted by atomic mass is 9.98. The average molecular weight is 347 g/mol. The maximum Gasteiger partial charge on any atom is 0.416 e. The van der Waals surface area contributed by atoms with Crippen LogP contribution in [-0.4, -0.2) is 22.8 Å². The minimum Gasteiger partial charge on any atom is -0.481 e. The molecule has 0 bridgehead atoms. The van der Waals surface area contributed by atoms with Crippen LogP contribution in [0.3, 0.4) is 0 Å². The molecule has 1 unspecified atom stereocenters. The molecule has 0 spiro atoms. The summed E-state index contributed by atoms with van der Waals surface area (Å²) in [5.41, 5.74) is -1.60. The van der Waals surface area contributed by atoms with Crippen LogP contribution in [0.2, 0.25) is 0 Å². The lowest BCUT2D eigenvalue weighted by molar-refractivity contribution is -0.141. The van der Waals surface area contributed by atoms with Crippen molar-refractivity contribution in [2.75, 3.05) is 5.32 Å². The first-order chi connectivity index (χ1) is 10.8. The van der Waals surface area contributed by atoms with Gasteiger partial charge in [0.15, 0.2) is 0 Å². The normalized spacial score (nSPS) is 13.3. The summed E-state index contributed by atoms with van der Waals surface area (Å²) >= 11 is 0. The Balaban J connectivity index is 3.15. The molecule has 0 radical (unpaired) electrons. The van der Waals surface area contributed by atoms with Gasteiger partial charge in [-0.05, 0) is 44.9 Å². The van der Waals surface area contributed by atoms with E-state index >= 15 is 0 Å². The van der Waals surface area contributed by atoms with Crippen molar-refractivity contribution in [1.82, 2.24) is 0 Å². The van der Waals surface area contributed by atoms with Gasteiger partial charge in [0, 0.05) is 5.69 Å². The predicted octanol–water partition coefficient (Wildman–Crippen LogP) is 4.32. The number of hydrogen-bond donors (Lipinski definition) is 2. The van der Waals surface area contributed by atoms with Gasteiger partial charge < -0.3 is 9.84 Å². The summed E-state index contributed by atoms with van der Waals surface area (Å²) in [6.07, 6.45) is -5.52. The smallest absolute Gasteiger partial charge is 0.416 e. The fourth-order valence-corrected chi connectivity index (χ4v) is 1.88. The zero-order chi connectivity index (χ0) is 18.7. The van der Waals surface area contributed by atoms with E-state index in [1.807, 2.05) is 0 Å². The third-order valence-corrected chi connectivity index (χ3v) is 3.02. The average Bonchev–Trinajstić information content (AvgIpc) is 2.36. The fourth-order valence-electron chi connectivity index (χ4n) is 1.88. The summed E-state index contributed by atoms with van der Waals surface area (Å²) in [7, 11) is 0. The molecule has 134 valence electrons. The molecular weight excluding hydrogens is 327 g/mol. The number of hydrogen-bond acceptors (Lipinski definition) is 3. The second-order valence-electron chi connectivity index (χ2n) is 6.44. The summed E-state index contributed by atoms with van der Waals surface area (Å²) in [5, 5.41) is 11.2. The summed E-state index contributed by atoms with van der Waals surface area (Å²) in [4.78, 5) is 22.8. The molecule has 0 saturated heterocycles. The van der Waals surface area contributed by atoms with Crippen LogP contribution >= 0.6 is 0 Å². The van der Waals surface area contributed by atoms with E-state index in [1.54, 1.807) is 20.8 Å². The minimum atomic E-state index is -4.58. The number of ether oxygens (including phenoxy) is 1. The second-order valence-corrected chi connectivity index (χ2v) is 6.44. The lowest BCUT2D eigenvalue weighted by Crippen LogP contribution is -2.28. The van der Waals surface area contributed by atoms with Crippen LogP contribution in [0.25, 0.3) is 0 Å². The molecule has 24 heavy (non-hydrogen) atoms. The van der Waals surface area contributed by atoms with Crippen LogP contribution in [0.4, 0.5) is 23.7 Å². The first-order valence-corrected chi connectivity index (χ1v) is 7.22. The van der Waals surface area contributed by atoms with E-state index in [0.29, 0.717) is 0 Å². The first kappa shape index (κ1) is 19.8. The van der Waals surface area contributed by atoms with Crippen molar-refractivity contribution in [3.05, 3.63) is 29.3 Å². The third kappa shape index (κ3) is 6.10. The van der Waals surface area contributed by atoms with Gasteiger partial charge in [0.25, 0.3) is 0 Å². The summed E-state index contributed by atoms with van der Waals surface area (Å²) in [5.74, 6) is -1.90. The maximum absolute atomic E-state index is 12.9. The van der Waals surface area contributed by atoms with Gasteiger partial charge >= 0.3 is 18.2 Å². The van der Waals surface area contributed by atoms with Gasteiger partial charge in [-0.1, -0.05) is 13.0 Å². The van der Waals surface area contributed by atoms with E-state index in [2.05, 4.69) is 5.32 Å². The number of alkyl halides is 3. The van der Waals surface area contributed by atoms with Crippen LogP contribution in [0.5, 0.6) is 0 Å². The molecule has 5 nitrogen and oxygen atoms in total. The Kier molecular flexibility index (Phi) is 5.86. The number of anilines is 1. The first-order valence-electron chi connectivity index (χ1n) is 7.22. The lowest BCUT2D eigenvalue weighted by Gasteiger charge is -2.21. The van der Waals surface area contributed by atoms with Crippen molar-refractivity contribution in [2.24, 2.45) is 5.92 Å². The zero-order valence-electron chi connectivity index (χ0n) is 13.8. The number of halogens is 3. The highest BCUT2D eigenvalue weighted by Crippen LogP contribution is 2.33. The van der Waals surface area contributed by atoms with Gasteiger partial charge in [-0.3, -0.25) is 10.1 Å². The van der Waals surface area contributed by atoms with Gasteiger partial charge in [-0.25, -0.2) is 4.79 Å². The predicted molar refractivity (Wildman–Crippen MR) is 81.8 cm³/mol. The number of carbonyl (C=O) groups is 2. The molecule has 2 N–H and O–H groups in total. The number of amides is 1. The van der Waals surface area contributed by atoms with E-state index in [1.165, 1.54) is 6.92 Å². The maximum atomic E-state index is 12.9. The third-order valence-electron chi connectivity index (χ3n) is 3.02. The van der Waals surface area contributed by atoms with Crippen LogP contribution in [0, 0.1) is 5.92 Å². The molecule has 0 aliphatic rings. The number of rotatable bonds is 4. The molecule has 0 saturated carbocycles. The Morgan fingerprint density at radius 3 is 2.29 bits per heavy atom. The van der Waals surface area contributed by atoms with Crippen molar-refractivity contribution in [1.29, 1.82) is 0 Å². The molecular formula is C16H20F3NO4. The molecule has 0 aliphatic heterocycles. The monoisotopic (exact) mass is 347 g/mol. The fraction of sp³-hybridized carbons (Fsp3) is 0.500. The number of benzene rings is 1. The number of carbonyl (C=O) groups excluding carboxylic acids is 1. The van der Waals surface area contributed by atoms with Crippen molar-refractivity contribution in [2.45, 2.75) is 45.9 Å². The van der Waals surface area contributed by atoms with E-state index in [9.17, 15) is 22.8 Å². The van der Waals surface area contributed by atoms with Gasteiger partial charge in [0.05, 0.1) is 11.5 Å². The van der Waals surface area contributed by atoms with Gasteiger partial charge in [-0.15, -0.1) is 0 Å². The van der Waals surface area contributed by atoms with Gasteiger partial charge in [-0.2, -0.15) is 13.2 Å². The van der Waals surface area contributed by atoms with Crippen LogP contribution in [0.1, 0.15) is 38.8 Å². The Hall–Kier alpha value is -2.25. The van der Waals surface area contributed by atoms with Crippen molar-refractivity contribution >= 4 is 17.7 Å². The summed E-state index contributed by atoms with van der Waals surface area (Å²) in [6, 6.07) is 2.78. The Morgan fingerprint density at radius 2 is 1.83 bits per heavy atom. The van der Waals surface area contributed by atoms with Crippen molar-refractivity contribution < 1.29 is 32.6 Å². The Morgan fingerprint density at radius 1 is 1.25 bits per heavy atom. The Bertz CT molecular complexity index is 621. The molecule has 1 atom stereocenters. The van der Waals surface area contributed by atoms with Gasteiger partial charge in [0.2, 0.25) is 0 Å². The molecule has 0 heterocycles. The zero-order valence-corrected chi connectivity index (χ0v) is 13.8. The summed E-state index contributed by atoms with van der Waals surface area (Å²) < 4.78 is 43.6. The van der Waals surface area contributed by atoms with E-state index in [4.69, 9.17) is 9.84 Å². The molecule has 1 amide bonds. The van der Waals surface area contributed by atoms with Crippen LogP contribution < -0.4 is 5.32 Å².